The van der Waals surface area contributed by atoms with Crippen LogP contribution in [-0.4, -0.2) is 12.6 Å². The quantitative estimate of drug-likeness (QED) is 0.472. The maximum atomic E-state index is 8.44. The summed E-state index contributed by atoms with van der Waals surface area (Å²) in [5.74, 6) is 0.887. The van der Waals surface area contributed by atoms with Gasteiger partial charge in [0.05, 0.1) is 0 Å². The van der Waals surface area contributed by atoms with Crippen LogP contribution in [0.3, 0.4) is 0 Å². The molecule has 0 aromatic rings. The molecular weight excluding hydrogens is 343 g/mol. The molecule has 0 radical (unpaired) electrons. The van der Waals surface area contributed by atoms with Crippen molar-refractivity contribution in [1.82, 2.24) is 0 Å². The molecule has 0 saturated heterocycles. The topological polar surface area (TPSA) is 51.2 Å². The van der Waals surface area contributed by atoms with Crippen LogP contribution >= 0.6 is 0 Å². The van der Waals surface area contributed by atoms with Gasteiger partial charge in [0.15, 0.2) is 0 Å². The number of hydrogen-bond donors (Lipinski definition) is 0. The van der Waals surface area contributed by atoms with Crippen LogP contribution in [-0.2, 0) is 27.7 Å². The van der Waals surface area contributed by atoms with Crippen molar-refractivity contribution in [3.8, 4) is 0 Å². The molecule has 3 nitrogen and oxygen atoms in total. The first-order valence-electron chi connectivity index (χ1n) is 6.94. The molecule has 2 aliphatic rings. The SMILES string of the molecule is C1CCCC1.CC(C)(C)C1[CH-]CCC1.O=S(=O)=O.[Fe].[K+]. The maximum absolute atomic E-state index is 8.44. The Bertz CT molecular complexity index is 286. The summed E-state index contributed by atoms with van der Waals surface area (Å²) < 4.78 is 25.3. The van der Waals surface area contributed by atoms with E-state index in [2.05, 4.69) is 27.2 Å². The molecule has 2 rings (SSSR count). The van der Waals surface area contributed by atoms with Crippen molar-refractivity contribution < 1.29 is 81.1 Å². The first kappa shape index (κ1) is 26.7. The summed E-state index contributed by atoms with van der Waals surface area (Å²) in [4.78, 5) is 0. The largest absolute Gasteiger partial charge is 1.00 e. The number of hydrogen-bond acceptors (Lipinski definition) is 3. The first-order valence-corrected chi connectivity index (χ1v) is 7.94. The Balaban J connectivity index is -0.000000228. The van der Waals surface area contributed by atoms with Gasteiger partial charge in [-0.1, -0.05) is 71.1 Å². The average molecular weight is 370 g/mol. The Morgan fingerprint density at radius 3 is 1.40 bits per heavy atom. The van der Waals surface area contributed by atoms with Gasteiger partial charge >= 0.3 is 62.0 Å². The summed E-state index contributed by atoms with van der Waals surface area (Å²) in [7, 11) is -3.11. The van der Waals surface area contributed by atoms with Crippen LogP contribution in [0.15, 0.2) is 0 Å². The van der Waals surface area contributed by atoms with Crippen LogP contribution in [0.1, 0.15) is 72.1 Å². The summed E-state index contributed by atoms with van der Waals surface area (Å²) in [5, 5.41) is 0. The third-order valence-electron chi connectivity index (χ3n) is 3.53. The van der Waals surface area contributed by atoms with E-state index in [-0.39, 0.29) is 68.5 Å². The van der Waals surface area contributed by atoms with Gasteiger partial charge in [0.2, 0.25) is 0 Å². The molecule has 0 aromatic carbocycles. The fourth-order valence-corrected chi connectivity index (χ4v) is 2.45. The fraction of sp³-hybridized carbons (Fsp3) is 0.929. The third-order valence-corrected chi connectivity index (χ3v) is 3.53. The third kappa shape index (κ3) is 17.8. The van der Waals surface area contributed by atoms with E-state index < -0.39 is 10.6 Å². The predicted octanol–water partition coefficient (Wildman–Crippen LogP) is 0.985. The molecule has 1 atom stereocenters. The molecule has 0 aromatic heterocycles. The Kier molecular flexibility index (Phi) is 20.9. The van der Waals surface area contributed by atoms with Gasteiger partial charge in [0, 0.05) is 17.1 Å². The zero-order chi connectivity index (χ0) is 14.0. The summed E-state index contributed by atoms with van der Waals surface area (Å²) in [5.41, 5.74) is 0.524. The molecule has 0 amide bonds. The van der Waals surface area contributed by atoms with Gasteiger partial charge in [-0.25, -0.2) is 0 Å². The molecule has 0 spiro atoms. The average Bonchev–Trinajstić information content (AvgIpc) is 2.93. The van der Waals surface area contributed by atoms with Crippen molar-refractivity contribution in [1.29, 1.82) is 0 Å². The van der Waals surface area contributed by atoms with Crippen LogP contribution in [0.2, 0.25) is 0 Å². The molecule has 20 heavy (non-hydrogen) atoms. The molecule has 1 unspecified atom stereocenters. The van der Waals surface area contributed by atoms with Crippen molar-refractivity contribution in [2.24, 2.45) is 11.3 Å². The minimum atomic E-state index is -3.11. The summed E-state index contributed by atoms with van der Waals surface area (Å²) in [6, 6.07) is 0. The maximum Gasteiger partial charge on any atom is 1.00 e. The van der Waals surface area contributed by atoms with E-state index >= 15 is 0 Å². The zero-order valence-electron chi connectivity index (χ0n) is 13.3. The zero-order valence-corrected chi connectivity index (χ0v) is 18.3. The molecule has 2 aliphatic carbocycles. The van der Waals surface area contributed by atoms with Crippen LogP contribution in [0.25, 0.3) is 0 Å². The summed E-state index contributed by atoms with van der Waals surface area (Å²) in [6.07, 6.45) is 14.2. The van der Waals surface area contributed by atoms with Gasteiger partial charge in [0.25, 0.3) is 0 Å². The van der Waals surface area contributed by atoms with Crippen LogP contribution in [0.4, 0.5) is 0 Å². The van der Waals surface area contributed by atoms with E-state index in [1.54, 1.807) is 0 Å². The standard InChI is InChI=1S/C9H17.C5H10.Fe.K.O3S/c1-9(2,3)8-6-4-5-7-8;1-2-4-5-3-1;;;1-4(2)3/h6,8H,4-5,7H2,1-3H3;1-5H2;;;/q-1;;;+1;. The molecular formula is C14H27FeKO3S. The van der Waals surface area contributed by atoms with Crippen molar-refractivity contribution in [2.75, 3.05) is 0 Å². The van der Waals surface area contributed by atoms with E-state index in [9.17, 15) is 0 Å². The minimum absolute atomic E-state index is 0. The van der Waals surface area contributed by atoms with Gasteiger partial charge in [-0.2, -0.15) is 12.3 Å². The molecule has 0 heterocycles. The Morgan fingerprint density at radius 1 is 0.900 bits per heavy atom. The second-order valence-electron chi connectivity index (χ2n) is 6.11. The van der Waals surface area contributed by atoms with Gasteiger partial charge in [0.1, 0.15) is 0 Å². The summed E-state index contributed by atoms with van der Waals surface area (Å²) >= 11 is 0. The molecule has 116 valence electrons. The minimum Gasteiger partial charge on any atom is -0.325 e. The molecule has 0 aliphatic heterocycles. The van der Waals surface area contributed by atoms with E-state index in [4.69, 9.17) is 12.6 Å². The van der Waals surface area contributed by atoms with E-state index in [1.165, 1.54) is 51.4 Å². The van der Waals surface area contributed by atoms with Crippen molar-refractivity contribution in [3.63, 3.8) is 0 Å². The van der Waals surface area contributed by atoms with Crippen LogP contribution in [0, 0.1) is 17.8 Å². The smallest absolute Gasteiger partial charge is 0.325 e. The van der Waals surface area contributed by atoms with Crippen LogP contribution < -0.4 is 51.4 Å². The molecule has 0 bridgehead atoms. The second kappa shape index (κ2) is 15.7. The molecule has 6 heteroatoms. The fourth-order valence-electron chi connectivity index (χ4n) is 2.45. The van der Waals surface area contributed by atoms with Gasteiger partial charge < -0.3 is 6.42 Å². The molecule has 0 N–H and O–H groups in total. The Morgan fingerprint density at radius 2 is 1.25 bits per heavy atom. The molecule has 2 fully saturated rings. The van der Waals surface area contributed by atoms with Crippen molar-refractivity contribution in [2.45, 2.75) is 72.1 Å². The van der Waals surface area contributed by atoms with E-state index in [1.807, 2.05) is 0 Å². The van der Waals surface area contributed by atoms with Crippen LogP contribution in [0.5, 0.6) is 0 Å². The van der Waals surface area contributed by atoms with Gasteiger partial charge in [-0.3, -0.25) is 0 Å². The molecule has 2 saturated carbocycles. The Labute approximate surface area is 179 Å². The van der Waals surface area contributed by atoms with Gasteiger partial charge in [-0.15, -0.1) is 12.6 Å². The first-order chi connectivity index (χ1) is 8.34. The van der Waals surface area contributed by atoms with E-state index in [0.717, 1.165) is 5.92 Å². The van der Waals surface area contributed by atoms with Crippen molar-refractivity contribution in [3.05, 3.63) is 6.42 Å². The van der Waals surface area contributed by atoms with Crippen molar-refractivity contribution >= 4 is 10.6 Å². The normalized spacial score (nSPS) is 20.2. The number of rotatable bonds is 0. The van der Waals surface area contributed by atoms with E-state index in [0.29, 0.717) is 5.41 Å². The van der Waals surface area contributed by atoms with Gasteiger partial charge in [-0.05, 0) is 0 Å². The predicted molar refractivity (Wildman–Crippen MR) is 73.9 cm³/mol. The monoisotopic (exact) mass is 370 g/mol. The second-order valence-corrected chi connectivity index (χ2v) is 6.52. The summed E-state index contributed by atoms with van der Waals surface area (Å²) in [6.45, 7) is 7.00. The Hall–Kier alpha value is 1.78.